The number of nitrogens with one attached hydrogen (secondary N) is 1. The van der Waals surface area contributed by atoms with Crippen LogP contribution in [0.3, 0.4) is 0 Å². The first kappa shape index (κ1) is 24.8. The predicted molar refractivity (Wildman–Crippen MR) is 118 cm³/mol. The van der Waals surface area contributed by atoms with Crippen molar-refractivity contribution in [3.05, 3.63) is 24.7 Å². The van der Waals surface area contributed by atoms with Crippen LogP contribution in [0.4, 0.5) is 4.79 Å². The summed E-state index contributed by atoms with van der Waals surface area (Å²) in [5.74, 6) is 0.421. The molecule has 3 atom stereocenters. The topological polar surface area (TPSA) is 75.3 Å². The van der Waals surface area contributed by atoms with Crippen LogP contribution in [-0.2, 0) is 23.1 Å². The van der Waals surface area contributed by atoms with Crippen LogP contribution in [0.15, 0.2) is 24.7 Å². The molecule has 1 fully saturated rings. The van der Waals surface area contributed by atoms with Crippen molar-refractivity contribution in [2.45, 2.75) is 96.3 Å². The molecule has 2 aliphatic heterocycles. The summed E-state index contributed by atoms with van der Waals surface area (Å²) in [4.78, 5) is 11.9. The second-order valence-corrected chi connectivity index (χ2v) is 15.7. The molecule has 2 heterocycles. The van der Waals surface area contributed by atoms with E-state index in [1.165, 1.54) is 0 Å². The van der Waals surface area contributed by atoms with Crippen LogP contribution in [0, 0.1) is 0 Å². The third kappa shape index (κ3) is 5.59. The van der Waals surface area contributed by atoms with Crippen molar-refractivity contribution < 1.29 is 27.9 Å². The van der Waals surface area contributed by atoms with Gasteiger partial charge in [-0.15, -0.1) is 0 Å². The Morgan fingerprint density at radius 1 is 1.13 bits per heavy atom. The maximum atomic E-state index is 11.9. The lowest BCUT2D eigenvalue weighted by molar-refractivity contribution is -0.128. The quantitative estimate of drug-likeness (QED) is 0.500. The number of carbonyl (C=O) groups excluding carboxylic acids is 1. The molecule has 1 saturated heterocycles. The molecule has 0 bridgehead atoms. The fourth-order valence-electron chi connectivity index (χ4n) is 4.06. The van der Waals surface area contributed by atoms with Crippen LogP contribution >= 0.6 is 0 Å². The van der Waals surface area contributed by atoms with Gasteiger partial charge >= 0.3 is 14.7 Å². The zero-order chi connectivity index (χ0) is 23.0. The average Bonchev–Trinajstić information content (AvgIpc) is 2.56. The van der Waals surface area contributed by atoms with Crippen molar-refractivity contribution in [3.63, 3.8) is 0 Å². The van der Waals surface area contributed by atoms with Crippen molar-refractivity contribution in [1.29, 1.82) is 0 Å². The Bertz CT molecular complexity index is 657. The molecule has 8 heteroatoms. The van der Waals surface area contributed by atoms with Crippen LogP contribution in [0.25, 0.3) is 0 Å². The monoisotopic (exact) mass is 441 g/mol. The molecule has 0 aromatic carbocycles. The standard InChI is InChI=1S/C22H39NO6Si/c1-15(13-23-19(24)28-20(2,3)4)27-16-11-12-25-17-14-26-30(21(5,6)7,22(8,9)10)29-18(16)17/h11-12,16-18H,1,13-14H2,2-10H3,(H,23,24)/t16-,17-,18+/m1/s1. The van der Waals surface area contributed by atoms with Crippen molar-refractivity contribution in [2.75, 3.05) is 13.2 Å². The zero-order valence-corrected chi connectivity index (χ0v) is 21.0. The molecule has 2 rings (SSSR count). The van der Waals surface area contributed by atoms with Gasteiger partial charge in [0.1, 0.15) is 29.7 Å². The van der Waals surface area contributed by atoms with E-state index in [1.807, 2.05) is 26.8 Å². The minimum Gasteiger partial charge on any atom is -0.493 e. The normalized spacial score (nSPS) is 26.2. The molecule has 7 nitrogen and oxygen atoms in total. The van der Waals surface area contributed by atoms with Gasteiger partial charge in [0.15, 0.2) is 0 Å². The van der Waals surface area contributed by atoms with E-state index in [-0.39, 0.29) is 34.9 Å². The van der Waals surface area contributed by atoms with E-state index in [2.05, 4.69) is 53.4 Å². The van der Waals surface area contributed by atoms with Crippen LogP contribution < -0.4 is 5.32 Å². The number of hydrogen-bond donors (Lipinski definition) is 1. The van der Waals surface area contributed by atoms with Crippen LogP contribution in [0.1, 0.15) is 62.3 Å². The summed E-state index contributed by atoms with van der Waals surface area (Å²) >= 11 is 0. The van der Waals surface area contributed by atoms with Gasteiger partial charge in [0.25, 0.3) is 0 Å². The molecule has 172 valence electrons. The summed E-state index contributed by atoms with van der Waals surface area (Å²) < 4.78 is 30.3. The van der Waals surface area contributed by atoms with E-state index >= 15 is 0 Å². The summed E-state index contributed by atoms with van der Waals surface area (Å²) in [6.07, 6.45) is 1.99. The molecule has 0 spiro atoms. The Morgan fingerprint density at radius 3 is 2.27 bits per heavy atom. The van der Waals surface area contributed by atoms with Crippen molar-refractivity contribution in [2.24, 2.45) is 0 Å². The van der Waals surface area contributed by atoms with Gasteiger partial charge in [0.2, 0.25) is 0 Å². The molecule has 30 heavy (non-hydrogen) atoms. The summed E-state index contributed by atoms with van der Waals surface area (Å²) in [6.45, 7) is 23.0. The van der Waals surface area contributed by atoms with Crippen LogP contribution in [0.2, 0.25) is 10.1 Å². The van der Waals surface area contributed by atoms with Gasteiger partial charge in [-0.25, -0.2) is 4.79 Å². The number of hydrogen-bond acceptors (Lipinski definition) is 6. The Balaban J connectivity index is 2.09. The second kappa shape index (κ2) is 8.55. The van der Waals surface area contributed by atoms with Crippen molar-refractivity contribution >= 4 is 14.7 Å². The maximum absolute atomic E-state index is 11.9. The minimum absolute atomic E-state index is 0.142. The smallest absolute Gasteiger partial charge is 0.408 e. The van der Waals surface area contributed by atoms with E-state index in [0.717, 1.165) is 0 Å². The second-order valence-electron chi connectivity index (χ2n) is 11.0. The molecule has 0 saturated carbocycles. The first-order valence-electron chi connectivity index (χ1n) is 10.5. The number of rotatable bonds is 4. The maximum Gasteiger partial charge on any atom is 0.408 e. The molecule has 0 aromatic rings. The van der Waals surface area contributed by atoms with Gasteiger partial charge in [-0.05, 0) is 26.8 Å². The predicted octanol–water partition coefficient (Wildman–Crippen LogP) is 4.78. The Hall–Kier alpha value is -1.51. The fraction of sp³-hybridized carbons (Fsp3) is 0.773. The molecule has 0 unspecified atom stereocenters. The molecule has 0 radical (unpaired) electrons. The Kier molecular flexibility index (Phi) is 7.06. The van der Waals surface area contributed by atoms with Gasteiger partial charge in [0, 0.05) is 10.1 Å². The van der Waals surface area contributed by atoms with E-state index in [0.29, 0.717) is 12.4 Å². The van der Waals surface area contributed by atoms with Crippen LogP contribution in [-0.4, -0.2) is 51.7 Å². The fourth-order valence-corrected chi connectivity index (χ4v) is 9.02. The summed E-state index contributed by atoms with van der Waals surface area (Å²) in [6, 6.07) is 0. The highest BCUT2D eigenvalue weighted by Gasteiger charge is 2.63. The summed E-state index contributed by atoms with van der Waals surface area (Å²) in [5, 5.41) is 2.38. The lowest BCUT2D eigenvalue weighted by atomic mass is 10.1. The number of alkyl carbamates (subject to hydrolysis) is 1. The van der Waals surface area contributed by atoms with Gasteiger partial charge in [0.05, 0.1) is 19.4 Å². The molecular formula is C22H39NO6Si. The van der Waals surface area contributed by atoms with Crippen LogP contribution in [0.5, 0.6) is 0 Å². The SMILES string of the molecule is C=C(CNC(=O)OC(C)(C)C)O[C@@H]1C=CO[C@@H]2CO[Si](C(C)(C)C)(C(C)(C)C)O[C@@H]12. The number of fused-ring (bicyclic) bond motifs is 1. The number of ether oxygens (including phenoxy) is 3. The van der Waals surface area contributed by atoms with Gasteiger partial charge < -0.3 is 28.4 Å². The van der Waals surface area contributed by atoms with Crippen molar-refractivity contribution in [1.82, 2.24) is 5.32 Å². The molecule has 1 N–H and O–H groups in total. The highest BCUT2D eigenvalue weighted by Crippen LogP contribution is 2.54. The highest BCUT2D eigenvalue weighted by molar-refractivity contribution is 6.73. The highest BCUT2D eigenvalue weighted by atomic mass is 28.4. The molecule has 2 aliphatic rings. The third-order valence-electron chi connectivity index (χ3n) is 5.07. The molecule has 0 aliphatic carbocycles. The first-order chi connectivity index (χ1) is 13.6. The average molecular weight is 442 g/mol. The van der Waals surface area contributed by atoms with Crippen molar-refractivity contribution in [3.8, 4) is 0 Å². The third-order valence-corrected chi connectivity index (χ3v) is 10.2. The Labute approximate surface area is 182 Å². The number of amides is 1. The lowest BCUT2D eigenvalue weighted by Crippen LogP contribution is -2.67. The molecule has 0 aromatic heterocycles. The van der Waals surface area contributed by atoms with Gasteiger partial charge in [-0.2, -0.15) is 0 Å². The molecule has 1 amide bonds. The first-order valence-corrected chi connectivity index (χ1v) is 12.3. The summed E-state index contributed by atoms with van der Waals surface area (Å²) in [7, 11) is -2.66. The zero-order valence-electron chi connectivity index (χ0n) is 20.0. The van der Waals surface area contributed by atoms with E-state index in [9.17, 15) is 4.79 Å². The minimum atomic E-state index is -2.66. The summed E-state index contributed by atoms with van der Waals surface area (Å²) in [5.41, 5.74) is -0.563. The molecular weight excluding hydrogens is 402 g/mol. The van der Waals surface area contributed by atoms with E-state index < -0.39 is 20.3 Å². The van der Waals surface area contributed by atoms with Gasteiger partial charge in [-0.3, -0.25) is 0 Å². The number of carbonyl (C=O) groups is 1. The Morgan fingerprint density at radius 2 is 1.73 bits per heavy atom. The van der Waals surface area contributed by atoms with E-state index in [4.69, 9.17) is 23.1 Å². The van der Waals surface area contributed by atoms with E-state index in [1.54, 1.807) is 6.26 Å². The largest absolute Gasteiger partial charge is 0.493 e. The van der Waals surface area contributed by atoms with Gasteiger partial charge in [-0.1, -0.05) is 48.1 Å². The lowest BCUT2D eigenvalue weighted by Gasteiger charge is -2.55.